The first kappa shape index (κ1) is 20.8. The number of benzene rings is 2. The number of carbonyl (C=O) groups is 1. The average Bonchev–Trinajstić information content (AvgIpc) is 3.20. The van der Waals surface area contributed by atoms with Crippen molar-refractivity contribution in [2.75, 3.05) is 6.54 Å². The number of aryl methyl sites for hydroxylation is 2. The van der Waals surface area contributed by atoms with Crippen molar-refractivity contribution in [3.63, 3.8) is 0 Å². The van der Waals surface area contributed by atoms with Gasteiger partial charge < -0.3 is 10.4 Å². The summed E-state index contributed by atoms with van der Waals surface area (Å²) in [6.45, 7) is 2.49. The molecule has 31 heavy (non-hydrogen) atoms. The Bertz CT molecular complexity index is 1150. The molecule has 0 atom stereocenters. The van der Waals surface area contributed by atoms with Crippen molar-refractivity contribution in [3.05, 3.63) is 89.1 Å². The molecule has 4 aromatic rings. The van der Waals surface area contributed by atoms with Crippen molar-refractivity contribution >= 4 is 17.2 Å². The van der Waals surface area contributed by atoms with Crippen LogP contribution in [0.2, 0.25) is 0 Å². The van der Waals surface area contributed by atoms with Crippen LogP contribution < -0.4 is 5.32 Å². The van der Waals surface area contributed by atoms with Crippen LogP contribution in [-0.4, -0.2) is 27.5 Å². The van der Waals surface area contributed by atoms with Gasteiger partial charge in [-0.25, -0.2) is 4.98 Å². The van der Waals surface area contributed by atoms with Crippen LogP contribution in [0.25, 0.3) is 21.8 Å². The zero-order valence-electron chi connectivity index (χ0n) is 17.2. The number of aromatic nitrogens is 2. The minimum absolute atomic E-state index is 0.0806. The van der Waals surface area contributed by atoms with Gasteiger partial charge in [0, 0.05) is 23.9 Å². The Morgan fingerprint density at radius 3 is 2.45 bits per heavy atom. The summed E-state index contributed by atoms with van der Waals surface area (Å²) in [6, 6.07) is 21.1. The first-order chi connectivity index (χ1) is 15.1. The van der Waals surface area contributed by atoms with Crippen molar-refractivity contribution in [1.82, 2.24) is 15.3 Å². The average molecular weight is 430 g/mol. The first-order valence-corrected chi connectivity index (χ1v) is 11.0. The van der Waals surface area contributed by atoms with Crippen LogP contribution in [0.3, 0.4) is 0 Å². The number of carbonyl (C=O) groups excluding carboxylic acids is 1. The Balaban J connectivity index is 1.38. The van der Waals surface area contributed by atoms with E-state index in [9.17, 15) is 9.90 Å². The highest BCUT2D eigenvalue weighted by atomic mass is 32.1. The molecule has 2 N–H and O–H groups in total. The summed E-state index contributed by atoms with van der Waals surface area (Å²) in [6.07, 6.45) is 3.60. The van der Waals surface area contributed by atoms with Crippen LogP contribution in [0.5, 0.6) is 5.75 Å². The van der Waals surface area contributed by atoms with Crippen molar-refractivity contribution in [2.45, 2.75) is 19.8 Å². The van der Waals surface area contributed by atoms with E-state index >= 15 is 0 Å². The molecule has 1 amide bonds. The molecule has 156 valence electrons. The van der Waals surface area contributed by atoms with Crippen LogP contribution in [0.1, 0.15) is 27.3 Å². The molecule has 0 fully saturated rings. The third-order valence-electron chi connectivity index (χ3n) is 4.95. The minimum atomic E-state index is -0.0806. The van der Waals surface area contributed by atoms with E-state index in [1.165, 1.54) is 16.9 Å². The van der Waals surface area contributed by atoms with Crippen molar-refractivity contribution < 1.29 is 9.90 Å². The second kappa shape index (κ2) is 9.53. The van der Waals surface area contributed by atoms with Gasteiger partial charge in [0.2, 0.25) is 0 Å². The smallest absolute Gasteiger partial charge is 0.263 e. The molecule has 0 aliphatic carbocycles. The lowest BCUT2D eigenvalue weighted by atomic mass is 10.1. The predicted octanol–water partition coefficient (Wildman–Crippen LogP) is 5.25. The van der Waals surface area contributed by atoms with Gasteiger partial charge in [0.15, 0.2) is 0 Å². The summed E-state index contributed by atoms with van der Waals surface area (Å²) in [7, 11) is 0. The standard InChI is InChI=1S/C25H23N3O2S/c1-17-23(24(30)26-15-5-8-18-6-3-2-4-7-18)31-25(28-17)20-11-14-22(27-16-20)19-9-12-21(29)13-10-19/h2-4,6-7,9-14,16,29H,5,8,15H2,1H3,(H,26,30). The van der Waals surface area contributed by atoms with E-state index in [2.05, 4.69) is 27.4 Å². The molecule has 2 aromatic carbocycles. The molecule has 6 heteroatoms. The lowest BCUT2D eigenvalue weighted by molar-refractivity contribution is 0.0956. The molecule has 2 aromatic heterocycles. The van der Waals surface area contributed by atoms with Gasteiger partial charge >= 0.3 is 0 Å². The van der Waals surface area contributed by atoms with E-state index in [0.29, 0.717) is 11.4 Å². The quantitative estimate of drug-likeness (QED) is 0.394. The van der Waals surface area contributed by atoms with Crippen LogP contribution in [0, 0.1) is 6.92 Å². The second-order valence-corrected chi connectivity index (χ2v) is 8.26. The monoisotopic (exact) mass is 429 g/mol. The highest BCUT2D eigenvalue weighted by Gasteiger charge is 2.16. The number of phenolic OH excluding ortho intramolecular Hbond substituents is 1. The molecular weight excluding hydrogens is 406 g/mol. The number of aromatic hydroxyl groups is 1. The van der Waals surface area contributed by atoms with Gasteiger partial charge in [0.05, 0.1) is 11.4 Å². The fourth-order valence-electron chi connectivity index (χ4n) is 3.27. The molecule has 0 radical (unpaired) electrons. The van der Waals surface area contributed by atoms with Crippen LogP contribution in [0.4, 0.5) is 0 Å². The third-order valence-corrected chi connectivity index (χ3v) is 6.15. The van der Waals surface area contributed by atoms with E-state index in [1.807, 2.05) is 49.4 Å². The molecule has 0 aliphatic heterocycles. The molecular formula is C25H23N3O2S. The van der Waals surface area contributed by atoms with Crippen molar-refractivity contribution in [3.8, 4) is 27.6 Å². The molecule has 0 aliphatic rings. The zero-order valence-corrected chi connectivity index (χ0v) is 18.0. The van der Waals surface area contributed by atoms with E-state index < -0.39 is 0 Å². The number of hydrogen-bond acceptors (Lipinski definition) is 5. The molecule has 5 nitrogen and oxygen atoms in total. The Hall–Kier alpha value is -3.51. The number of rotatable bonds is 7. The minimum Gasteiger partial charge on any atom is -0.508 e. The SMILES string of the molecule is Cc1nc(-c2ccc(-c3ccc(O)cc3)nc2)sc1C(=O)NCCCc1ccccc1. The third kappa shape index (κ3) is 5.16. The predicted molar refractivity (Wildman–Crippen MR) is 124 cm³/mol. The van der Waals surface area contributed by atoms with Gasteiger partial charge in [0.1, 0.15) is 15.6 Å². The highest BCUT2D eigenvalue weighted by Crippen LogP contribution is 2.29. The number of phenols is 1. The van der Waals surface area contributed by atoms with Gasteiger partial charge in [-0.3, -0.25) is 9.78 Å². The van der Waals surface area contributed by atoms with Gasteiger partial charge in [-0.1, -0.05) is 30.3 Å². The van der Waals surface area contributed by atoms with Crippen molar-refractivity contribution in [2.24, 2.45) is 0 Å². The van der Waals surface area contributed by atoms with Gasteiger partial charge in [-0.15, -0.1) is 11.3 Å². The van der Waals surface area contributed by atoms with Gasteiger partial charge in [-0.2, -0.15) is 0 Å². The first-order valence-electron chi connectivity index (χ1n) is 10.2. The summed E-state index contributed by atoms with van der Waals surface area (Å²) >= 11 is 1.38. The number of nitrogens with one attached hydrogen (secondary N) is 1. The number of amides is 1. The summed E-state index contributed by atoms with van der Waals surface area (Å²) in [4.78, 5) is 22.3. The van der Waals surface area contributed by atoms with Gasteiger partial charge in [-0.05, 0) is 61.7 Å². The molecule has 4 rings (SSSR count). The molecule has 2 heterocycles. The molecule has 0 saturated carbocycles. The maximum Gasteiger partial charge on any atom is 0.263 e. The van der Waals surface area contributed by atoms with E-state index in [-0.39, 0.29) is 11.7 Å². The van der Waals surface area contributed by atoms with Crippen LogP contribution in [0.15, 0.2) is 72.9 Å². The molecule has 0 bridgehead atoms. The Morgan fingerprint density at radius 2 is 1.74 bits per heavy atom. The number of thiazole rings is 1. The summed E-state index contributed by atoms with van der Waals surface area (Å²) in [5, 5.41) is 13.2. The highest BCUT2D eigenvalue weighted by molar-refractivity contribution is 7.17. The number of nitrogens with zero attached hydrogens (tertiary/aromatic N) is 2. The second-order valence-electron chi connectivity index (χ2n) is 7.26. The molecule has 0 unspecified atom stereocenters. The van der Waals surface area contributed by atoms with E-state index in [1.54, 1.807) is 18.3 Å². The molecule has 0 spiro atoms. The summed E-state index contributed by atoms with van der Waals surface area (Å²) < 4.78 is 0. The summed E-state index contributed by atoms with van der Waals surface area (Å²) in [5.74, 6) is 0.146. The maximum atomic E-state index is 12.6. The van der Waals surface area contributed by atoms with Gasteiger partial charge in [0.25, 0.3) is 5.91 Å². The maximum absolute atomic E-state index is 12.6. The number of pyridine rings is 1. The zero-order chi connectivity index (χ0) is 21.6. The molecule has 0 saturated heterocycles. The van der Waals surface area contributed by atoms with E-state index in [0.717, 1.165) is 40.4 Å². The Kier molecular flexibility index (Phi) is 6.38. The lowest BCUT2D eigenvalue weighted by Crippen LogP contribution is -2.24. The summed E-state index contributed by atoms with van der Waals surface area (Å²) in [5.41, 5.74) is 4.61. The Morgan fingerprint density at radius 1 is 1.00 bits per heavy atom. The fraction of sp³-hybridized carbons (Fsp3) is 0.160. The van der Waals surface area contributed by atoms with Crippen LogP contribution >= 0.6 is 11.3 Å². The van der Waals surface area contributed by atoms with Crippen LogP contribution in [-0.2, 0) is 6.42 Å². The lowest BCUT2D eigenvalue weighted by Gasteiger charge is -2.04. The van der Waals surface area contributed by atoms with E-state index in [4.69, 9.17) is 0 Å². The fourth-order valence-corrected chi connectivity index (χ4v) is 4.25. The normalized spacial score (nSPS) is 10.7. The largest absolute Gasteiger partial charge is 0.508 e. The van der Waals surface area contributed by atoms with Crippen molar-refractivity contribution in [1.29, 1.82) is 0 Å². The topological polar surface area (TPSA) is 75.1 Å². The Labute approximate surface area is 185 Å². The number of hydrogen-bond donors (Lipinski definition) is 2.